The fourth-order valence-electron chi connectivity index (χ4n) is 1.70. The number of nitrogens with zero attached hydrogens (tertiary/aromatic N) is 3. The van der Waals surface area contributed by atoms with Gasteiger partial charge in [-0.15, -0.1) is 0 Å². The van der Waals surface area contributed by atoms with E-state index < -0.39 is 16.8 Å². The normalized spacial score (nSPS) is 10.1. The van der Waals surface area contributed by atoms with Crippen molar-refractivity contribution in [3.63, 3.8) is 0 Å². The molecule has 1 amide bonds. The van der Waals surface area contributed by atoms with E-state index in [1.54, 1.807) is 0 Å². The van der Waals surface area contributed by atoms with Crippen molar-refractivity contribution in [2.24, 2.45) is 5.73 Å². The van der Waals surface area contributed by atoms with Crippen LogP contribution < -0.4 is 5.73 Å². The number of esters is 1. The number of nitrogens with two attached hydrogens (primary N) is 1. The second kappa shape index (κ2) is 5.41. The Morgan fingerprint density at radius 1 is 1.38 bits per heavy atom. The molecule has 21 heavy (non-hydrogen) atoms. The van der Waals surface area contributed by atoms with Crippen molar-refractivity contribution in [1.82, 2.24) is 9.78 Å². The van der Waals surface area contributed by atoms with Crippen molar-refractivity contribution < 1.29 is 19.2 Å². The summed E-state index contributed by atoms with van der Waals surface area (Å²) in [6.07, 6.45) is 1.34. The molecule has 108 valence electrons. The quantitative estimate of drug-likeness (QED) is 0.500. The number of rotatable bonds is 4. The molecule has 1 aromatic carbocycles. The maximum absolute atomic E-state index is 11.5. The third-order valence-corrected chi connectivity index (χ3v) is 2.68. The highest BCUT2D eigenvalue weighted by molar-refractivity contribution is 5.91. The van der Waals surface area contributed by atoms with Crippen LogP contribution in [-0.4, -0.2) is 33.7 Å². The van der Waals surface area contributed by atoms with E-state index in [9.17, 15) is 19.7 Å². The number of benzene rings is 1. The van der Waals surface area contributed by atoms with Crippen molar-refractivity contribution in [2.45, 2.75) is 0 Å². The molecule has 0 saturated heterocycles. The van der Waals surface area contributed by atoms with Gasteiger partial charge in [-0.05, 0) is 18.2 Å². The van der Waals surface area contributed by atoms with Gasteiger partial charge in [0, 0.05) is 12.3 Å². The maximum atomic E-state index is 11.5. The highest BCUT2D eigenvalue weighted by Crippen LogP contribution is 2.24. The molecule has 0 radical (unpaired) electrons. The van der Waals surface area contributed by atoms with Crippen molar-refractivity contribution >= 4 is 17.6 Å². The molecular formula is C12H10N4O5. The van der Waals surface area contributed by atoms with E-state index in [4.69, 9.17) is 5.73 Å². The lowest BCUT2D eigenvalue weighted by Gasteiger charge is -2.05. The number of ether oxygens (including phenoxy) is 1. The van der Waals surface area contributed by atoms with Gasteiger partial charge in [0.2, 0.25) is 0 Å². The summed E-state index contributed by atoms with van der Waals surface area (Å²) in [5.74, 6) is -1.41. The van der Waals surface area contributed by atoms with Crippen molar-refractivity contribution in [3.05, 3.63) is 51.8 Å². The number of carbonyl (C=O) groups is 2. The summed E-state index contributed by atoms with van der Waals surface area (Å²) < 4.78 is 5.66. The zero-order chi connectivity index (χ0) is 15.6. The molecule has 0 unspecified atom stereocenters. The summed E-state index contributed by atoms with van der Waals surface area (Å²) in [5.41, 5.74) is 4.90. The molecule has 9 nitrogen and oxygen atoms in total. The number of carbonyl (C=O) groups excluding carboxylic acids is 2. The molecule has 2 rings (SSSR count). The Morgan fingerprint density at radius 3 is 2.62 bits per heavy atom. The molecule has 0 atom stereocenters. The van der Waals surface area contributed by atoms with Gasteiger partial charge in [-0.25, -0.2) is 9.48 Å². The zero-order valence-corrected chi connectivity index (χ0v) is 10.8. The van der Waals surface area contributed by atoms with E-state index >= 15 is 0 Å². The zero-order valence-electron chi connectivity index (χ0n) is 10.8. The number of primary amides is 1. The predicted molar refractivity (Wildman–Crippen MR) is 70.1 cm³/mol. The van der Waals surface area contributed by atoms with Crippen LogP contribution in [0.3, 0.4) is 0 Å². The van der Waals surface area contributed by atoms with Gasteiger partial charge in [0.1, 0.15) is 11.4 Å². The first-order chi connectivity index (χ1) is 9.93. The first-order valence-electron chi connectivity index (χ1n) is 5.66. The Labute approximate surface area is 118 Å². The first kappa shape index (κ1) is 14.2. The number of nitro benzene ring substituents is 1. The average molecular weight is 290 g/mol. The van der Waals surface area contributed by atoms with E-state index in [1.165, 1.54) is 31.5 Å². The van der Waals surface area contributed by atoms with Gasteiger partial charge >= 0.3 is 5.97 Å². The molecule has 2 N–H and O–H groups in total. The molecule has 9 heteroatoms. The summed E-state index contributed by atoms with van der Waals surface area (Å²) in [5, 5.41) is 14.9. The fraction of sp³-hybridized carbons (Fsp3) is 0.0833. The molecule has 0 fully saturated rings. The summed E-state index contributed by atoms with van der Waals surface area (Å²) in [6.45, 7) is 0. The number of methoxy groups -OCH3 is 1. The Bertz CT molecular complexity index is 737. The molecule has 0 bridgehead atoms. The summed E-state index contributed by atoms with van der Waals surface area (Å²) in [6, 6.07) is 5.00. The third-order valence-electron chi connectivity index (χ3n) is 2.68. The smallest absolute Gasteiger partial charge is 0.337 e. The Hall–Kier alpha value is -3.23. The maximum Gasteiger partial charge on any atom is 0.337 e. The molecule has 1 heterocycles. The minimum Gasteiger partial charge on any atom is -0.465 e. The highest BCUT2D eigenvalue weighted by Gasteiger charge is 2.20. The Morgan fingerprint density at radius 2 is 2.10 bits per heavy atom. The second-order valence-electron chi connectivity index (χ2n) is 3.96. The number of hydrogen-bond acceptors (Lipinski definition) is 6. The average Bonchev–Trinajstić information content (AvgIpc) is 2.95. The molecule has 0 aliphatic rings. The Kier molecular flexibility index (Phi) is 3.65. The predicted octanol–water partition coefficient (Wildman–Crippen LogP) is 0.666. The van der Waals surface area contributed by atoms with Crippen LogP contribution in [-0.2, 0) is 4.74 Å². The first-order valence-corrected chi connectivity index (χ1v) is 5.66. The van der Waals surface area contributed by atoms with Gasteiger partial charge in [-0.3, -0.25) is 14.9 Å². The molecule has 0 spiro atoms. The minimum atomic E-state index is -0.763. The topological polar surface area (TPSA) is 130 Å². The minimum absolute atomic E-state index is 0.0235. The van der Waals surface area contributed by atoms with E-state index in [-0.39, 0.29) is 22.6 Å². The van der Waals surface area contributed by atoms with Crippen LogP contribution in [0.25, 0.3) is 5.69 Å². The number of aromatic nitrogens is 2. The molecule has 0 aliphatic heterocycles. The number of hydrogen-bond donors (Lipinski definition) is 1. The summed E-state index contributed by atoms with van der Waals surface area (Å²) in [4.78, 5) is 32.9. The van der Waals surface area contributed by atoms with Gasteiger partial charge in [-0.1, -0.05) is 0 Å². The summed E-state index contributed by atoms with van der Waals surface area (Å²) >= 11 is 0. The highest BCUT2D eigenvalue weighted by atomic mass is 16.6. The van der Waals surface area contributed by atoms with Crippen molar-refractivity contribution in [3.8, 4) is 5.69 Å². The van der Waals surface area contributed by atoms with Crippen molar-refractivity contribution in [2.75, 3.05) is 7.11 Å². The van der Waals surface area contributed by atoms with Gasteiger partial charge < -0.3 is 10.5 Å². The standard InChI is InChI=1S/C12H10N4O5/c1-21-12(18)7-2-3-9(16(19)20)10(6-7)15-5-4-8(14-15)11(13)17/h2-6H,1H3,(H2,13,17). The van der Waals surface area contributed by atoms with Crippen LogP contribution in [0.4, 0.5) is 5.69 Å². The van der Waals surface area contributed by atoms with Crippen LogP contribution in [0, 0.1) is 10.1 Å². The lowest BCUT2D eigenvalue weighted by atomic mass is 10.1. The van der Waals surface area contributed by atoms with Crippen molar-refractivity contribution in [1.29, 1.82) is 0 Å². The van der Waals surface area contributed by atoms with Crippen LogP contribution in [0.2, 0.25) is 0 Å². The van der Waals surface area contributed by atoms with Crippen LogP contribution in [0.1, 0.15) is 20.8 Å². The monoisotopic (exact) mass is 290 g/mol. The van der Waals surface area contributed by atoms with Gasteiger partial charge in [0.15, 0.2) is 0 Å². The van der Waals surface area contributed by atoms with Crippen LogP contribution >= 0.6 is 0 Å². The van der Waals surface area contributed by atoms with E-state index in [1.807, 2.05) is 0 Å². The summed E-state index contributed by atoms with van der Waals surface area (Å²) in [7, 11) is 1.20. The molecular weight excluding hydrogens is 280 g/mol. The molecule has 2 aromatic rings. The molecule has 0 aliphatic carbocycles. The van der Waals surface area contributed by atoms with E-state index in [0.717, 1.165) is 10.7 Å². The largest absolute Gasteiger partial charge is 0.465 e. The van der Waals surface area contributed by atoms with Gasteiger partial charge in [0.05, 0.1) is 17.6 Å². The van der Waals surface area contributed by atoms with Crippen LogP contribution in [0.5, 0.6) is 0 Å². The lowest BCUT2D eigenvalue weighted by Crippen LogP contribution is -2.12. The number of nitro groups is 1. The molecule has 1 aromatic heterocycles. The van der Waals surface area contributed by atoms with Gasteiger partial charge in [-0.2, -0.15) is 5.10 Å². The lowest BCUT2D eigenvalue weighted by molar-refractivity contribution is -0.384. The van der Waals surface area contributed by atoms with E-state index in [2.05, 4.69) is 9.84 Å². The van der Waals surface area contributed by atoms with E-state index in [0.29, 0.717) is 0 Å². The molecule has 0 saturated carbocycles. The SMILES string of the molecule is COC(=O)c1ccc([N+](=O)[O-])c(-n2ccc(C(N)=O)n2)c1. The number of amides is 1. The van der Waals surface area contributed by atoms with Crippen LogP contribution in [0.15, 0.2) is 30.5 Å². The third kappa shape index (κ3) is 2.71. The fourth-order valence-corrected chi connectivity index (χ4v) is 1.70. The Balaban J connectivity index is 2.59. The van der Waals surface area contributed by atoms with Gasteiger partial charge in [0.25, 0.3) is 11.6 Å². The second-order valence-corrected chi connectivity index (χ2v) is 3.96.